The third-order valence-corrected chi connectivity index (χ3v) is 6.49. The summed E-state index contributed by atoms with van der Waals surface area (Å²) >= 11 is 0. The van der Waals surface area contributed by atoms with Crippen molar-refractivity contribution in [2.75, 3.05) is 18.0 Å². The Bertz CT molecular complexity index is 1190. The number of fused-ring (bicyclic) bond motifs is 1. The highest BCUT2D eigenvalue weighted by Gasteiger charge is 2.36. The number of carbonyl (C=O) groups excluding carboxylic acids is 2. The summed E-state index contributed by atoms with van der Waals surface area (Å²) in [7, 11) is 0. The minimum absolute atomic E-state index is 0.0751. The van der Waals surface area contributed by atoms with Gasteiger partial charge in [0.15, 0.2) is 11.5 Å². The number of benzene rings is 1. The zero-order valence-corrected chi connectivity index (χ0v) is 18.8. The van der Waals surface area contributed by atoms with Crippen molar-refractivity contribution < 1.29 is 14.2 Å². The van der Waals surface area contributed by atoms with Crippen molar-refractivity contribution in [3.05, 3.63) is 64.4 Å². The molecule has 2 aliphatic rings. The highest BCUT2D eigenvalue weighted by molar-refractivity contribution is 5.95. The number of aryl methyl sites for hydroxylation is 2. The summed E-state index contributed by atoms with van der Waals surface area (Å²) in [5.41, 5.74) is 3.74. The van der Waals surface area contributed by atoms with Crippen LogP contribution in [-0.2, 0) is 17.6 Å². The molecule has 0 unspecified atom stereocenters. The van der Waals surface area contributed by atoms with Crippen molar-refractivity contribution in [1.29, 1.82) is 0 Å². The van der Waals surface area contributed by atoms with E-state index < -0.39 is 0 Å². The number of anilines is 1. The first-order chi connectivity index (χ1) is 16.0. The largest absolute Gasteiger partial charge is 0.327 e. The number of amides is 2. The van der Waals surface area contributed by atoms with Crippen LogP contribution in [0.4, 0.5) is 5.82 Å². The van der Waals surface area contributed by atoms with Crippen LogP contribution in [0.15, 0.2) is 35.0 Å². The van der Waals surface area contributed by atoms with E-state index in [4.69, 9.17) is 14.6 Å². The van der Waals surface area contributed by atoms with Crippen molar-refractivity contribution in [2.45, 2.75) is 52.0 Å². The van der Waals surface area contributed by atoms with Gasteiger partial charge in [-0.2, -0.15) is 0 Å². The molecule has 9 nitrogen and oxygen atoms in total. The summed E-state index contributed by atoms with van der Waals surface area (Å²) < 4.78 is 4.73. The molecular formula is C24H26N6O3. The first kappa shape index (κ1) is 21.2. The maximum absolute atomic E-state index is 13.1. The highest BCUT2D eigenvalue weighted by Crippen LogP contribution is 2.35. The Hall–Kier alpha value is -3.62. The number of carbonyl (C=O) groups is 2. The molecule has 170 valence electrons. The van der Waals surface area contributed by atoms with Gasteiger partial charge in [0, 0.05) is 30.8 Å². The predicted octanol–water partition coefficient (Wildman–Crippen LogP) is 2.98. The normalized spacial score (nSPS) is 18.0. The van der Waals surface area contributed by atoms with E-state index in [1.807, 2.05) is 25.1 Å². The van der Waals surface area contributed by atoms with Gasteiger partial charge in [-0.1, -0.05) is 35.5 Å². The van der Waals surface area contributed by atoms with Crippen LogP contribution in [0.5, 0.6) is 0 Å². The molecule has 1 saturated heterocycles. The molecule has 0 N–H and O–H groups in total. The summed E-state index contributed by atoms with van der Waals surface area (Å²) in [5, 5.41) is 7.51. The third kappa shape index (κ3) is 3.99. The molecule has 33 heavy (non-hydrogen) atoms. The molecule has 0 saturated carbocycles. The standard InChI is InChI=1S/C24H26N6O3/c1-15-18-10-11-20(31)30(14-12-17-7-4-3-5-8-17)23(18)26-22(25-15)19-9-6-13-29(19)24(32)21-16(2)27-33-28-21/h3-5,7-8,19H,6,9-14H2,1-2H3/t19-/m0/s1. The first-order valence-corrected chi connectivity index (χ1v) is 11.3. The van der Waals surface area contributed by atoms with E-state index in [1.165, 1.54) is 5.56 Å². The van der Waals surface area contributed by atoms with E-state index in [9.17, 15) is 9.59 Å². The number of rotatable bonds is 5. The van der Waals surface area contributed by atoms with Gasteiger partial charge in [-0.25, -0.2) is 14.6 Å². The lowest BCUT2D eigenvalue weighted by atomic mass is 10.0. The van der Waals surface area contributed by atoms with Gasteiger partial charge in [-0.3, -0.25) is 14.5 Å². The molecule has 0 bridgehead atoms. The van der Waals surface area contributed by atoms with Crippen LogP contribution in [0.2, 0.25) is 0 Å². The Balaban J connectivity index is 1.45. The van der Waals surface area contributed by atoms with E-state index in [-0.39, 0.29) is 23.6 Å². The second-order valence-electron chi connectivity index (χ2n) is 8.61. The average molecular weight is 447 g/mol. The van der Waals surface area contributed by atoms with Crippen molar-refractivity contribution in [3.63, 3.8) is 0 Å². The van der Waals surface area contributed by atoms with Crippen molar-refractivity contribution >= 4 is 17.6 Å². The van der Waals surface area contributed by atoms with Gasteiger partial charge in [-0.15, -0.1) is 0 Å². The van der Waals surface area contributed by atoms with E-state index in [2.05, 4.69) is 22.4 Å². The third-order valence-electron chi connectivity index (χ3n) is 6.49. The predicted molar refractivity (Wildman–Crippen MR) is 120 cm³/mol. The van der Waals surface area contributed by atoms with Crippen molar-refractivity contribution in [1.82, 2.24) is 25.2 Å². The summed E-state index contributed by atoms with van der Waals surface area (Å²) in [5.74, 6) is 1.10. The van der Waals surface area contributed by atoms with Crippen molar-refractivity contribution in [2.24, 2.45) is 0 Å². The van der Waals surface area contributed by atoms with E-state index in [1.54, 1.807) is 16.7 Å². The average Bonchev–Trinajstić information content (AvgIpc) is 3.48. The molecule has 4 heterocycles. The lowest BCUT2D eigenvalue weighted by Crippen LogP contribution is -2.39. The minimum atomic E-state index is -0.273. The summed E-state index contributed by atoms with van der Waals surface area (Å²) in [6, 6.07) is 9.85. The molecule has 1 fully saturated rings. The topological polar surface area (TPSA) is 105 Å². The Labute approximate surface area is 191 Å². The van der Waals surface area contributed by atoms with Gasteiger partial charge in [0.1, 0.15) is 11.5 Å². The van der Waals surface area contributed by atoms with Crippen LogP contribution in [-0.4, -0.2) is 50.1 Å². The monoisotopic (exact) mass is 446 g/mol. The van der Waals surface area contributed by atoms with Gasteiger partial charge in [0.2, 0.25) is 5.91 Å². The fourth-order valence-corrected chi connectivity index (χ4v) is 4.71. The first-order valence-electron chi connectivity index (χ1n) is 11.3. The second kappa shape index (κ2) is 8.73. The minimum Gasteiger partial charge on any atom is -0.327 e. The Kier molecular flexibility index (Phi) is 5.62. The fourth-order valence-electron chi connectivity index (χ4n) is 4.71. The van der Waals surface area contributed by atoms with Crippen LogP contribution in [0.1, 0.15) is 64.1 Å². The smallest absolute Gasteiger partial charge is 0.278 e. The molecule has 2 amide bonds. The summed E-state index contributed by atoms with van der Waals surface area (Å²) in [6.07, 6.45) is 3.44. The SMILES string of the molecule is Cc1nonc1C(=O)N1CCC[C@H]1c1nc(C)c2c(n1)N(CCc1ccccc1)C(=O)CC2. The summed E-state index contributed by atoms with van der Waals surface area (Å²) in [6.45, 7) is 4.81. The van der Waals surface area contributed by atoms with E-state index in [0.717, 1.165) is 30.5 Å². The second-order valence-corrected chi connectivity index (χ2v) is 8.61. The Morgan fingerprint density at radius 1 is 1.09 bits per heavy atom. The van der Waals surface area contributed by atoms with E-state index in [0.29, 0.717) is 43.3 Å². The van der Waals surface area contributed by atoms with Crippen LogP contribution >= 0.6 is 0 Å². The molecule has 0 radical (unpaired) electrons. The highest BCUT2D eigenvalue weighted by atomic mass is 16.6. The molecule has 1 aromatic carbocycles. The number of likely N-dealkylation sites (tertiary alicyclic amines) is 1. The Morgan fingerprint density at radius 2 is 1.91 bits per heavy atom. The van der Waals surface area contributed by atoms with Gasteiger partial charge < -0.3 is 4.90 Å². The molecule has 0 aliphatic carbocycles. The molecule has 9 heteroatoms. The summed E-state index contributed by atoms with van der Waals surface area (Å²) in [4.78, 5) is 39.2. The quantitative estimate of drug-likeness (QED) is 0.593. The number of nitrogens with zero attached hydrogens (tertiary/aromatic N) is 6. The fraction of sp³-hybridized carbons (Fsp3) is 0.417. The zero-order chi connectivity index (χ0) is 22.9. The maximum atomic E-state index is 13.1. The molecule has 0 spiro atoms. The van der Waals surface area contributed by atoms with Gasteiger partial charge in [0.25, 0.3) is 5.91 Å². The van der Waals surface area contributed by atoms with Gasteiger partial charge in [0.05, 0.1) is 6.04 Å². The van der Waals surface area contributed by atoms with Crippen molar-refractivity contribution in [3.8, 4) is 0 Å². The molecule has 1 atom stereocenters. The van der Waals surface area contributed by atoms with E-state index >= 15 is 0 Å². The molecular weight excluding hydrogens is 420 g/mol. The van der Waals surface area contributed by atoms with Gasteiger partial charge >= 0.3 is 0 Å². The number of hydrogen-bond acceptors (Lipinski definition) is 7. The van der Waals surface area contributed by atoms with Crippen LogP contribution in [0.3, 0.4) is 0 Å². The Morgan fingerprint density at radius 3 is 2.67 bits per heavy atom. The molecule has 5 rings (SSSR count). The van der Waals surface area contributed by atoms with Gasteiger partial charge in [-0.05, 0) is 50.3 Å². The van der Waals surface area contributed by atoms with Crippen LogP contribution < -0.4 is 4.90 Å². The number of hydrogen-bond donors (Lipinski definition) is 0. The lowest BCUT2D eigenvalue weighted by molar-refractivity contribution is -0.118. The molecule has 2 aliphatic heterocycles. The van der Waals surface area contributed by atoms with Crippen LogP contribution in [0.25, 0.3) is 0 Å². The van der Waals surface area contributed by atoms with Crippen LogP contribution in [0, 0.1) is 13.8 Å². The molecule has 2 aromatic heterocycles. The maximum Gasteiger partial charge on any atom is 0.278 e. The lowest BCUT2D eigenvalue weighted by Gasteiger charge is -2.31. The molecule has 3 aromatic rings. The number of aromatic nitrogens is 4. The zero-order valence-electron chi connectivity index (χ0n) is 18.8.